The van der Waals surface area contributed by atoms with Gasteiger partial charge in [-0.15, -0.1) is 0 Å². The Labute approximate surface area is 142 Å². The molecule has 1 fully saturated rings. The number of hydrogen-bond donors (Lipinski definition) is 2. The molecule has 1 aromatic heterocycles. The number of aliphatic imine (C=N–C) groups is 1. The van der Waals surface area contributed by atoms with E-state index in [-0.39, 0.29) is 0 Å². The van der Waals surface area contributed by atoms with E-state index in [0.717, 1.165) is 31.2 Å². The van der Waals surface area contributed by atoms with E-state index in [1.165, 1.54) is 25.9 Å². The van der Waals surface area contributed by atoms with Gasteiger partial charge in [-0.2, -0.15) is 0 Å². The first kappa shape index (κ1) is 17.4. The summed E-state index contributed by atoms with van der Waals surface area (Å²) < 4.78 is 1.87. The Bertz CT molecular complexity index is 506. The molecule has 1 aliphatic rings. The molecule has 2 N–H and O–H groups in total. The zero-order valence-electron chi connectivity index (χ0n) is 13.3. The van der Waals surface area contributed by atoms with Gasteiger partial charge in [-0.3, -0.25) is 4.99 Å². The molecule has 5 nitrogen and oxygen atoms in total. The number of halogens is 2. The summed E-state index contributed by atoms with van der Waals surface area (Å²) in [4.78, 5) is 6.76. The number of nitrogens with one attached hydrogen (secondary N) is 2. The van der Waals surface area contributed by atoms with Gasteiger partial charge in [0.1, 0.15) is 5.15 Å². The molecule has 1 saturated heterocycles. The predicted octanol–water partition coefficient (Wildman–Crippen LogP) is 2.48. The molecule has 0 amide bonds. The highest BCUT2D eigenvalue weighted by Gasteiger charge is 2.11. The van der Waals surface area contributed by atoms with E-state index in [9.17, 15) is 0 Å². The Balaban J connectivity index is 1.69. The molecule has 2 heterocycles. The van der Waals surface area contributed by atoms with Crippen LogP contribution in [0.5, 0.6) is 0 Å². The molecular weight excluding hydrogens is 321 g/mol. The minimum absolute atomic E-state index is 0.562. The van der Waals surface area contributed by atoms with E-state index < -0.39 is 0 Å². The fourth-order valence-corrected chi connectivity index (χ4v) is 3.08. The van der Waals surface area contributed by atoms with Crippen LogP contribution >= 0.6 is 23.2 Å². The van der Waals surface area contributed by atoms with Crippen molar-refractivity contribution in [2.24, 2.45) is 12.0 Å². The minimum Gasteiger partial charge on any atom is -0.356 e. The van der Waals surface area contributed by atoms with Gasteiger partial charge >= 0.3 is 0 Å². The van der Waals surface area contributed by atoms with Crippen molar-refractivity contribution < 1.29 is 0 Å². The van der Waals surface area contributed by atoms with Crippen molar-refractivity contribution in [3.63, 3.8) is 0 Å². The fraction of sp³-hybridized carbons (Fsp3) is 0.667. The lowest BCUT2D eigenvalue weighted by Crippen LogP contribution is -2.38. The second-order valence-corrected chi connectivity index (χ2v) is 6.35. The fourth-order valence-electron chi connectivity index (χ4n) is 2.67. The Kier molecular flexibility index (Phi) is 6.86. The quantitative estimate of drug-likeness (QED) is 0.473. The molecule has 7 heteroatoms. The molecule has 1 aliphatic heterocycles. The van der Waals surface area contributed by atoms with Crippen LogP contribution in [0.2, 0.25) is 10.2 Å². The Morgan fingerprint density at radius 2 is 2.00 bits per heavy atom. The lowest BCUT2D eigenvalue weighted by molar-refractivity contribution is 0.334. The van der Waals surface area contributed by atoms with Crippen LogP contribution in [0.15, 0.2) is 11.1 Å². The van der Waals surface area contributed by atoms with Crippen molar-refractivity contribution in [1.29, 1.82) is 0 Å². The maximum absolute atomic E-state index is 6.06. The minimum atomic E-state index is 0.562. The molecular formula is C15H25Cl2N5. The highest BCUT2D eigenvalue weighted by molar-refractivity contribution is 6.41. The standard InChI is InChI=1S/C15H25Cl2N5/c1-18-15(19-6-5-9-22-7-3-4-8-22)20-11-12-10-13(16)14(17)21(12)2/h10H,3-9,11H2,1-2H3,(H2,18,19,20). The summed E-state index contributed by atoms with van der Waals surface area (Å²) in [5, 5.41) is 7.76. The van der Waals surface area contributed by atoms with Crippen molar-refractivity contribution in [3.8, 4) is 0 Å². The molecule has 0 atom stereocenters. The second kappa shape index (κ2) is 8.65. The topological polar surface area (TPSA) is 44.6 Å². The molecule has 124 valence electrons. The van der Waals surface area contributed by atoms with Crippen LogP contribution in [0, 0.1) is 0 Å². The van der Waals surface area contributed by atoms with Crippen LogP contribution in [0.25, 0.3) is 0 Å². The van der Waals surface area contributed by atoms with Crippen LogP contribution in [0.1, 0.15) is 25.0 Å². The maximum atomic E-state index is 6.06. The average molecular weight is 346 g/mol. The SMILES string of the molecule is CN=C(NCCCN1CCCC1)NCc1cc(Cl)c(Cl)n1C. The molecule has 0 radical (unpaired) electrons. The third-order valence-corrected chi connectivity index (χ3v) is 4.86. The summed E-state index contributed by atoms with van der Waals surface area (Å²) in [5.74, 6) is 0.801. The number of aromatic nitrogens is 1. The molecule has 0 unspecified atom stereocenters. The van der Waals surface area contributed by atoms with Crippen LogP contribution in [-0.4, -0.2) is 48.7 Å². The van der Waals surface area contributed by atoms with Gasteiger partial charge in [-0.1, -0.05) is 23.2 Å². The smallest absolute Gasteiger partial charge is 0.191 e. The summed E-state index contributed by atoms with van der Waals surface area (Å²) >= 11 is 12.1. The Hall–Kier alpha value is -0.910. The zero-order valence-corrected chi connectivity index (χ0v) is 14.8. The van der Waals surface area contributed by atoms with Crippen molar-refractivity contribution >= 4 is 29.2 Å². The van der Waals surface area contributed by atoms with E-state index in [2.05, 4.69) is 20.5 Å². The highest BCUT2D eigenvalue weighted by atomic mass is 35.5. The molecule has 0 aliphatic carbocycles. The first-order valence-electron chi connectivity index (χ1n) is 7.78. The van der Waals surface area contributed by atoms with Crippen LogP contribution < -0.4 is 10.6 Å². The van der Waals surface area contributed by atoms with Gasteiger partial charge in [-0.25, -0.2) is 0 Å². The number of rotatable bonds is 6. The highest BCUT2D eigenvalue weighted by Crippen LogP contribution is 2.24. The van der Waals surface area contributed by atoms with Crippen molar-refractivity contribution in [2.45, 2.75) is 25.8 Å². The van der Waals surface area contributed by atoms with Crippen LogP contribution in [-0.2, 0) is 13.6 Å². The van der Waals surface area contributed by atoms with E-state index in [0.29, 0.717) is 16.7 Å². The molecule has 1 aromatic rings. The number of guanidine groups is 1. The van der Waals surface area contributed by atoms with Crippen molar-refractivity contribution in [1.82, 2.24) is 20.1 Å². The summed E-state index contributed by atoms with van der Waals surface area (Å²) in [5.41, 5.74) is 1.02. The third kappa shape index (κ3) is 4.80. The first-order valence-corrected chi connectivity index (χ1v) is 8.54. The Morgan fingerprint density at radius 3 is 2.59 bits per heavy atom. The summed E-state index contributed by atoms with van der Waals surface area (Å²) in [6, 6.07) is 1.87. The van der Waals surface area contributed by atoms with Gasteiger partial charge in [0.2, 0.25) is 0 Å². The van der Waals surface area contributed by atoms with Gasteiger partial charge < -0.3 is 20.1 Å². The van der Waals surface area contributed by atoms with E-state index >= 15 is 0 Å². The second-order valence-electron chi connectivity index (χ2n) is 5.59. The third-order valence-electron chi connectivity index (χ3n) is 4.02. The molecule has 2 rings (SSSR count). The molecule has 0 spiro atoms. The van der Waals surface area contributed by atoms with Gasteiger partial charge in [0, 0.05) is 26.3 Å². The summed E-state index contributed by atoms with van der Waals surface area (Å²) in [6.07, 6.45) is 3.82. The molecule has 0 saturated carbocycles. The summed E-state index contributed by atoms with van der Waals surface area (Å²) in [6.45, 7) is 5.22. The van der Waals surface area contributed by atoms with Crippen LogP contribution in [0.3, 0.4) is 0 Å². The van der Waals surface area contributed by atoms with Gasteiger partial charge in [0.05, 0.1) is 11.6 Å². The van der Waals surface area contributed by atoms with E-state index in [1.54, 1.807) is 7.05 Å². The zero-order chi connectivity index (χ0) is 15.9. The van der Waals surface area contributed by atoms with Gasteiger partial charge in [-0.05, 0) is 45.0 Å². The molecule has 22 heavy (non-hydrogen) atoms. The maximum Gasteiger partial charge on any atom is 0.191 e. The predicted molar refractivity (Wildman–Crippen MR) is 93.9 cm³/mol. The lowest BCUT2D eigenvalue weighted by atomic mass is 10.4. The van der Waals surface area contributed by atoms with Crippen molar-refractivity contribution in [3.05, 3.63) is 21.9 Å². The van der Waals surface area contributed by atoms with Crippen molar-refractivity contribution in [2.75, 3.05) is 33.2 Å². The first-order chi connectivity index (χ1) is 10.6. The lowest BCUT2D eigenvalue weighted by Gasteiger charge is -2.16. The Morgan fingerprint density at radius 1 is 1.27 bits per heavy atom. The number of likely N-dealkylation sites (tertiary alicyclic amines) is 1. The summed E-state index contributed by atoms with van der Waals surface area (Å²) in [7, 11) is 3.68. The van der Waals surface area contributed by atoms with E-state index in [4.69, 9.17) is 23.2 Å². The van der Waals surface area contributed by atoms with E-state index in [1.807, 2.05) is 17.7 Å². The molecule has 0 bridgehead atoms. The molecule has 0 aromatic carbocycles. The van der Waals surface area contributed by atoms with Gasteiger partial charge in [0.15, 0.2) is 5.96 Å². The normalized spacial score (nSPS) is 16.3. The largest absolute Gasteiger partial charge is 0.356 e. The van der Waals surface area contributed by atoms with Gasteiger partial charge in [0.25, 0.3) is 0 Å². The monoisotopic (exact) mass is 345 g/mol. The van der Waals surface area contributed by atoms with Crippen LogP contribution in [0.4, 0.5) is 0 Å². The number of nitrogens with zero attached hydrogens (tertiary/aromatic N) is 3. The average Bonchev–Trinajstić information content (AvgIpc) is 3.11. The number of hydrogen-bond acceptors (Lipinski definition) is 2.